The van der Waals surface area contributed by atoms with Gasteiger partial charge in [-0.3, -0.25) is 4.79 Å². The molecule has 90 valence electrons. The topological polar surface area (TPSA) is 53.5 Å². The first-order valence-electron chi connectivity index (χ1n) is 5.91. The number of hydrazone groups is 1. The first-order valence-corrected chi connectivity index (χ1v) is 5.91. The summed E-state index contributed by atoms with van der Waals surface area (Å²) in [6, 6.07) is 0.518. The summed E-state index contributed by atoms with van der Waals surface area (Å²) in [7, 11) is 0. The van der Waals surface area contributed by atoms with Crippen molar-refractivity contribution in [3.63, 3.8) is 0 Å². The molecule has 0 aromatic heterocycles. The predicted molar refractivity (Wildman–Crippen MR) is 66.3 cm³/mol. The van der Waals surface area contributed by atoms with Crippen molar-refractivity contribution >= 4 is 12.1 Å². The number of nitrogens with zero attached hydrogens (tertiary/aromatic N) is 1. The second-order valence-electron chi connectivity index (χ2n) is 4.22. The number of allylic oxidation sites excluding steroid dienone is 1. The van der Waals surface area contributed by atoms with Crippen LogP contribution in [-0.4, -0.2) is 24.7 Å². The van der Waals surface area contributed by atoms with Crippen molar-refractivity contribution in [3.8, 4) is 0 Å². The lowest BCUT2D eigenvalue weighted by Crippen LogP contribution is -2.28. The highest BCUT2D eigenvalue weighted by Crippen LogP contribution is 2.07. The summed E-state index contributed by atoms with van der Waals surface area (Å²) in [6.45, 7) is 6.83. The second-order valence-corrected chi connectivity index (χ2v) is 4.22. The summed E-state index contributed by atoms with van der Waals surface area (Å²) in [4.78, 5) is 11.2. The molecule has 0 aliphatic carbocycles. The molecule has 0 saturated carbocycles. The van der Waals surface area contributed by atoms with Crippen LogP contribution < -0.4 is 10.7 Å². The molecule has 2 N–H and O–H groups in total. The third-order valence-electron chi connectivity index (χ3n) is 2.75. The van der Waals surface area contributed by atoms with E-state index in [-0.39, 0.29) is 11.8 Å². The number of rotatable bonds is 8. The minimum Gasteiger partial charge on any atom is -0.314 e. The summed E-state index contributed by atoms with van der Waals surface area (Å²) in [6.07, 6.45) is 7.68. The molecule has 1 amide bonds. The maximum Gasteiger partial charge on any atom is 0.248 e. The van der Waals surface area contributed by atoms with E-state index in [1.54, 1.807) is 6.21 Å². The monoisotopic (exact) mass is 223 g/mol. The molecule has 0 fully saturated rings. The van der Waals surface area contributed by atoms with Crippen LogP contribution in [0.15, 0.2) is 17.8 Å². The number of carbonyl (C=O) groups excluding carboxylic acids is 1. The van der Waals surface area contributed by atoms with Gasteiger partial charge in [0.2, 0.25) is 5.91 Å². The van der Waals surface area contributed by atoms with Crippen molar-refractivity contribution in [3.05, 3.63) is 12.7 Å². The van der Waals surface area contributed by atoms with Crippen LogP contribution in [0, 0.1) is 5.92 Å². The third kappa shape index (κ3) is 4.57. The average molecular weight is 223 g/mol. The molecule has 2 atom stereocenters. The standard InChI is InChI=1S/C12H21N3O/c1-3-4-6-10(2)13-8-5-7-11-9-14-15-12(11)16/h3,9-11,13H,1,4-8H2,2H3,(H,15,16). The highest BCUT2D eigenvalue weighted by molar-refractivity contribution is 5.97. The normalized spacial score (nSPS) is 20.8. The highest BCUT2D eigenvalue weighted by Gasteiger charge is 2.19. The summed E-state index contributed by atoms with van der Waals surface area (Å²) in [5, 5.41) is 7.18. The Hall–Kier alpha value is -1.16. The lowest BCUT2D eigenvalue weighted by Gasteiger charge is -2.12. The molecule has 0 saturated heterocycles. The van der Waals surface area contributed by atoms with Crippen LogP contribution in [0.2, 0.25) is 0 Å². The van der Waals surface area contributed by atoms with Gasteiger partial charge in [-0.25, -0.2) is 5.43 Å². The van der Waals surface area contributed by atoms with Gasteiger partial charge in [0, 0.05) is 12.3 Å². The Morgan fingerprint density at radius 2 is 2.56 bits per heavy atom. The van der Waals surface area contributed by atoms with Crippen LogP contribution in [-0.2, 0) is 4.79 Å². The number of hydrogen-bond acceptors (Lipinski definition) is 3. The van der Waals surface area contributed by atoms with Gasteiger partial charge in [-0.1, -0.05) is 6.08 Å². The molecule has 1 rings (SSSR count). The number of carbonyl (C=O) groups is 1. The van der Waals surface area contributed by atoms with E-state index in [4.69, 9.17) is 0 Å². The quantitative estimate of drug-likeness (QED) is 0.483. The van der Waals surface area contributed by atoms with Gasteiger partial charge in [0.15, 0.2) is 0 Å². The molecule has 0 aromatic carbocycles. The molecular weight excluding hydrogens is 202 g/mol. The minimum absolute atomic E-state index is 0.0229. The van der Waals surface area contributed by atoms with Gasteiger partial charge >= 0.3 is 0 Å². The van der Waals surface area contributed by atoms with Crippen LogP contribution in [0.3, 0.4) is 0 Å². The van der Waals surface area contributed by atoms with Gasteiger partial charge in [0.25, 0.3) is 0 Å². The summed E-state index contributed by atoms with van der Waals surface area (Å²) >= 11 is 0. The number of hydrogen-bond donors (Lipinski definition) is 2. The lowest BCUT2D eigenvalue weighted by molar-refractivity contribution is -0.122. The van der Waals surface area contributed by atoms with Gasteiger partial charge in [0.1, 0.15) is 0 Å². The van der Waals surface area contributed by atoms with Gasteiger partial charge in [0.05, 0.1) is 5.92 Å². The SMILES string of the molecule is C=CCCC(C)NCCCC1C=NNC1=O. The van der Waals surface area contributed by atoms with Crippen LogP contribution in [0.4, 0.5) is 0 Å². The van der Waals surface area contributed by atoms with Crippen molar-refractivity contribution in [2.45, 2.75) is 38.6 Å². The van der Waals surface area contributed by atoms with Crippen molar-refractivity contribution < 1.29 is 4.79 Å². The van der Waals surface area contributed by atoms with E-state index in [2.05, 4.69) is 29.3 Å². The molecule has 0 spiro atoms. The van der Waals surface area contributed by atoms with Gasteiger partial charge in [-0.05, 0) is 39.2 Å². The maximum absolute atomic E-state index is 11.2. The zero-order valence-corrected chi connectivity index (χ0v) is 9.91. The van der Waals surface area contributed by atoms with Crippen molar-refractivity contribution in [1.82, 2.24) is 10.7 Å². The maximum atomic E-state index is 11.2. The van der Waals surface area contributed by atoms with Crippen molar-refractivity contribution in [1.29, 1.82) is 0 Å². The molecule has 0 bridgehead atoms. The first kappa shape index (κ1) is 12.9. The number of amides is 1. The zero-order valence-electron chi connectivity index (χ0n) is 9.91. The molecular formula is C12H21N3O. The summed E-state index contributed by atoms with van der Waals surface area (Å²) in [5.74, 6) is 0.00462. The molecule has 1 heterocycles. The van der Waals surface area contributed by atoms with Crippen molar-refractivity contribution in [2.24, 2.45) is 11.0 Å². The Balaban J connectivity index is 2.01. The molecule has 0 aromatic rings. The molecule has 1 aliphatic heterocycles. The van der Waals surface area contributed by atoms with E-state index in [1.807, 2.05) is 6.08 Å². The molecule has 1 aliphatic rings. The minimum atomic E-state index is -0.0229. The van der Waals surface area contributed by atoms with E-state index in [9.17, 15) is 4.79 Å². The fourth-order valence-electron chi connectivity index (χ4n) is 1.69. The number of nitrogens with one attached hydrogen (secondary N) is 2. The van der Waals surface area contributed by atoms with Crippen LogP contribution in [0.25, 0.3) is 0 Å². The van der Waals surface area contributed by atoms with Gasteiger partial charge in [-0.15, -0.1) is 6.58 Å². The molecule has 2 unspecified atom stereocenters. The first-order chi connectivity index (χ1) is 7.74. The Kier molecular flexibility index (Phi) is 5.78. The van der Waals surface area contributed by atoms with E-state index >= 15 is 0 Å². The second kappa shape index (κ2) is 7.17. The molecule has 16 heavy (non-hydrogen) atoms. The van der Waals surface area contributed by atoms with Crippen LogP contribution >= 0.6 is 0 Å². The van der Waals surface area contributed by atoms with Crippen molar-refractivity contribution in [2.75, 3.05) is 6.54 Å². The molecule has 4 heteroatoms. The largest absolute Gasteiger partial charge is 0.314 e. The zero-order chi connectivity index (χ0) is 11.8. The molecule has 4 nitrogen and oxygen atoms in total. The Morgan fingerprint density at radius 3 is 3.19 bits per heavy atom. The lowest BCUT2D eigenvalue weighted by atomic mass is 10.0. The van der Waals surface area contributed by atoms with E-state index in [0.717, 1.165) is 32.2 Å². The molecule has 0 radical (unpaired) electrons. The third-order valence-corrected chi connectivity index (χ3v) is 2.75. The van der Waals surface area contributed by atoms with Crippen LogP contribution in [0.5, 0.6) is 0 Å². The fraction of sp³-hybridized carbons (Fsp3) is 0.667. The smallest absolute Gasteiger partial charge is 0.248 e. The predicted octanol–water partition coefficient (Wildman–Crippen LogP) is 1.44. The average Bonchev–Trinajstić information content (AvgIpc) is 2.67. The fourth-order valence-corrected chi connectivity index (χ4v) is 1.69. The summed E-state index contributed by atoms with van der Waals surface area (Å²) < 4.78 is 0. The highest BCUT2D eigenvalue weighted by atomic mass is 16.2. The Morgan fingerprint density at radius 1 is 1.75 bits per heavy atom. The van der Waals surface area contributed by atoms with Gasteiger partial charge < -0.3 is 5.32 Å². The van der Waals surface area contributed by atoms with E-state index < -0.39 is 0 Å². The Labute approximate surface area is 97.2 Å². The van der Waals surface area contributed by atoms with E-state index in [0.29, 0.717) is 6.04 Å². The summed E-state index contributed by atoms with van der Waals surface area (Å²) in [5.41, 5.74) is 2.45. The van der Waals surface area contributed by atoms with E-state index in [1.165, 1.54) is 0 Å². The Bertz CT molecular complexity index is 263. The van der Waals surface area contributed by atoms with Gasteiger partial charge in [-0.2, -0.15) is 5.10 Å². The van der Waals surface area contributed by atoms with Crippen LogP contribution in [0.1, 0.15) is 32.6 Å².